The topological polar surface area (TPSA) is 84.9 Å². The molecule has 4 amide bonds. The number of amides is 4. The zero-order valence-electron chi connectivity index (χ0n) is 21.1. The van der Waals surface area contributed by atoms with E-state index in [1.807, 2.05) is 19.9 Å². The molecule has 0 atom stereocenters. The number of rotatable bonds is 7. The molecule has 0 bridgehead atoms. The van der Waals surface area contributed by atoms with Crippen molar-refractivity contribution in [3.8, 4) is 11.5 Å². The lowest BCUT2D eigenvalue weighted by atomic mass is 10.1. The second-order valence-electron chi connectivity index (χ2n) is 8.74. The van der Waals surface area contributed by atoms with Crippen LogP contribution in [-0.4, -0.2) is 24.5 Å². The molecule has 1 N–H and O–H groups in total. The number of imide groups is 2. The van der Waals surface area contributed by atoms with Crippen LogP contribution in [0.5, 0.6) is 11.5 Å². The number of benzene rings is 3. The fourth-order valence-electron chi connectivity index (χ4n) is 3.88. The highest BCUT2D eigenvalue weighted by molar-refractivity contribution is 9.10. The molecule has 0 radical (unpaired) electrons. The lowest BCUT2D eigenvalue weighted by molar-refractivity contribution is -0.122. The van der Waals surface area contributed by atoms with Gasteiger partial charge in [-0.3, -0.25) is 14.9 Å². The molecule has 0 saturated carbocycles. The van der Waals surface area contributed by atoms with Gasteiger partial charge in [0.1, 0.15) is 12.2 Å². The molecule has 7 nitrogen and oxygen atoms in total. The summed E-state index contributed by atoms with van der Waals surface area (Å²) >= 11 is 3.41. The summed E-state index contributed by atoms with van der Waals surface area (Å²) in [6.07, 6.45) is 1.44. The van der Waals surface area contributed by atoms with Crippen molar-refractivity contribution in [2.75, 3.05) is 11.5 Å². The Morgan fingerprint density at radius 1 is 0.865 bits per heavy atom. The Hall–Kier alpha value is -3.91. The van der Waals surface area contributed by atoms with Crippen LogP contribution < -0.4 is 19.7 Å². The third kappa shape index (κ3) is 5.75. The summed E-state index contributed by atoms with van der Waals surface area (Å²) in [6.45, 7) is 8.60. The number of anilines is 1. The van der Waals surface area contributed by atoms with Crippen LogP contribution in [0.3, 0.4) is 0 Å². The van der Waals surface area contributed by atoms with Crippen molar-refractivity contribution in [2.24, 2.45) is 0 Å². The Morgan fingerprint density at radius 2 is 1.65 bits per heavy atom. The molecule has 8 heteroatoms. The maximum Gasteiger partial charge on any atom is 0.335 e. The summed E-state index contributed by atoms with van der Waals surface area (Å²) in [7, 11) is 0. The van der Waals surface area contributed by atoms with Gasteiger partial charge in [-0.25, -0.2) is 9.69 Å². The number of aryl methyl sites for hydroxylation is 3. The largest absolute Gasteiger partial charge is 0.490 e. The van der Waals surface area contributed by atoms with Crippen molar-refractivity contribution in [1.82, 2.24) is 5.32 Å². The van der Waals surface area contributed by atoms with Gasteiger partial charge in [0, 0.05) is 4.47 Å². The van der Waals surface area contributed by atoms with E-state index in [1.54, 1.807) is 36.4 Å². The SMILES string of the molecule is CCOc1cc(/C=C2/C(=O)NC(=O)N(c3ccc(Br)c(C)c3)C2=O)ccc1OCc1ccc(C)c(C)c1. The Morgan fingerprint density at radius 3 is 2.35 bits per heavy atom. The lowest BCUT2D eigenvalue weighted by Crippen LogP contribution is -2.54. The van der Waals surface area contributed by atoms with E-state index in [9.17, 15) is 14.4 Å². The predicted octanol–water partition coefficient (Wildman–Crippen LogP) is 6.02. The van der Waals surface area contributed by atoms with Gasteiger partial charge in [0.05, 0.1) is 12.3 Å². The van der Waals surface area contributed by atoms with Crippen molar-refractivity contribution in [3.05, 3.63) is 92.5 Å². The predicted molar refractivity (Wildman–Crippen MR) is 146 cm³/mol. The van der Waals surface area contributed by atoms with Crippen molar-refractivity contribution >= 4 is 45.5 Å². The van der Waals surface area contributed by atoms with Gasteiger partial charge in [-0.1, -0.05) is 40.2 Å². The number of ether oxygens (including phenoxy) is 2. The lowest BCUT2D eigenvalue weighted by Gasteiger charge is -2.26. The Kier molecular flexibility index (Phi) is 7.78. The summed E-state index contributed by atoms with van der Waals surface area (Å²) in [5.74, 6) is -0.429. The normalized spacial score (nSPS) is 14.7. The number of carbonyl (C=O) groups is 3. The van der Waals surface area contributed by atoms with Gasteiger partial charge in [0.15, 0.2) is 11.5 Å². The molecule has 190 valence electrons. The maximum atomic E-state index is 13.2. The Labute approximate surface area is 224 Å². The Balaban J connectivity index is 1.61. The van der Waals surface area contributed by atoms with E-state index in [-0.39, 0.29) is 5.57 Å². The van der Waals surface area contributed by atoms with Crippen LogP contribution in [0.25, 0.3) is 6.08 Å². The van der Waals surface area contributed by atoms with E-state index in [1.165, 1.54) is 17.2 Å². The maximum absolute atomic E-state index is 13.2. The average molecular weight is 563 g/mol. The molecule has 3 aromatic carbocycles. The quantitative estimate of drug-likeness (QED) is 0.281. The molecule has 0 unspecified atom stereocenters. The molecular weight excluding hydrogens is 536 g/mol. The zero-order valence-corrected chi connectivity index (χ0v) is 22.6. The molecule has 4 rings (SSSR count). The number of nitrogens with one attached hydrogen (secondary N) is 1. The van der Waals surface area contributed by atoms with Gasteiger partial charge < -0.3 is 9.47 Å². The number of barbiturate groups is 1. The second kappa shape index (κ2) is 11.0. The molecule has 1 aliphatic heterocycles. The molecule has 37 heavy (non-hydrogen) atoms. The van der Waals surface area contributed by atoms with Crippen molar-refractivity contribution in [1.29, 1.82) is 0 Å². The minimum absolute atomic E-state index is 0.161. The average Bonchev–Trinajstić information content (AvgIpc) is 2.85. The molecule has 3 aromatic rings. The summed E-state index contributed by atoms with van der Waals surface area (Å²) in [4.78, 5) is 39.3. The number of nitrogens with zero attached hydrogens (tertiary/aromatic N) is 1. The van der Waals surface area contributed by atoms with Crippen LogP contribution in [0.4, 0.5) is 10.5 Å². The van der Waals surface area contributed by atoms with E-state index in [2.05, 4.69) is 47.2 Å². The van der Waals surface area contributed by atoms with E-state index in [0.29, 0.717) is 36.0 Å². The molecule has 0 spiro atoms. The standard InChI is InChI=1S/C29H27BrN2O5/c1-5-36-26-15-20(8-11-25(26)37-16-21-7-6-17(2)18(3)12-21)14-23-27(33)31-29(35)32(28(23)34)22-9-10-24(30)19(4)13-22/h6-15H,5,16H2,1-4H3,(H,31,33,35)/b23-14-. The minimum Gasteiger partial charge on any atom is -0.490 e. The van der Waals surface area contributed by atoms with Crippen molar-refractivity contribution < 1.29 is 23.9 Å². The number of urea groups is 1. The first-order valence-corrected chi connectivity index (χ1v) is 12.6. The summed E-state index contributed by atoms with van der Waals surface area (Å²) < 4.78 is 12.6. The molecule has 1 heterocycles. The molecule has 0 aromatic heterocycles. The van der Waals surface area contributed by atoms with E-state index in [0.717, 1.165) is 20.5 Å². The van der Waals surface area contributed by atoms with E-state index >= 15 is 0 Å². The molecular formula is C29H27BrN2O5. The van der Waals surface area contributed by atoms with Crippen LogP contribution in [0, 0.1) is 20.8 Å². The monoisotopic (exact) mass is 562 g/mol. The van der Waals surface area contributed by atoms with Gasteiger partial charge in [-0.05, 0) is 91.9 Å². The van der Waals surface area contributed by atoms with E-state index in [4.69, 9.17) is 9.47 Å². The highest BCUT2D eigenvalue weighted by Crippen LogP contribution is 2.31. The third-order valence-corrected chi connectivity index (χ3v) is 6.94. The van der Waals surface area contributed by atoms with Crippen molar-refractivity contribution in [3.63, 3.8) is 0 Å². The van der Waals surface area contributed by atoms with Crippen LogP contribution >= 0.6 is 15.9 Å². The summed E-state index contributed by atoms with van der Waals surface area (Å²) in [6, 6.07) is 15.6. The van der Waals surface area contributed by atoms with Crippen LogP contribution in [0.15, 0.2) is 64.6 Å². The highest BCUT2D eigenvalue weighted by Gasteiger charge is 2.37. The van der Waals surface area contributed by atoms with Crippen LogP contribution in [0.2, 0.25) is 0 Å². The fourth-order valence-corrected chi connectivity index (χ4v) is 4.13. The first-order valence-electron chi connectivity index (χ1n) is 11.8. The smallest absolute Gasteiger partial charge is 0.335 e. The third-order valence-electron chi connectivity index (χ3n) is 6.05. The Bertz CT molecular complexity index is 1430. The van der Waals surface area contributed by atoms with Gasteiger partial charge >= 0.3 is 6.03 Å². The number of carbonyl (C=O) groups excluding carboxylic acids is 3. The minimum atomic E-state index is -0.793. The summed E-state index contributed by atoms with van der Waals surface area (Å²) in [5, 5.41) is 2.25. The summed E-state index contributed by atoms with van der Waals surface area (Å²) in [5.41, 5.74) is 5.05. The van der Waals surface area contributed by atoms with Crippen LogP contribution in [-0.2, 0) is 16.2 Å². The van der Waals surface area contributed by atoms with Crippen LogP contribution in [0.1, 0.15) is 34.7 Å². The molecule has 0 aliphatic carbocycles. The highest BCUT2D eigenvalue weighted by atomic mass is 79.9. The first-order chi connectivity index (χ1) is 17.7. The second-order valence-corrected chi connectivity index (χ2v) is 9.59. The molecule has 1 aliphatic rings. The molecule has 1 fully saturated rings. The van der Waals surface area contributed by atoms with E-state index < -0.39 is 17.8 Å². The zero-order chi connectivity index (χ0) is 26.7. The fraction of sp³-hybridized carbons (Fsp3) is 0.207. The number of halogens is 1. The van der Waals surface area contributed by atoms with Gasteiger partial charge in [-0.15, -0.1) is 0 Å². The number of hydrogen-bond acceptors (Lipinski definition) is 5. The van der Waals surface area contributed by atoms with Gasteiger partial charge in [0.25, 0.3) is 11.8 Å². The molecule has 1 saturated heterocycles. The first kappa shape index (κ1) is 26.2. The van der Waals surface area contributed by atoms with Crippen molar-refractivity contribution in [2.45, 2.75) is 34.3 Å². The van der Waals surface area contributed by atoms with Gasteiger partial charge in [-0.2, -0.15) is 0 Å². The van der Waals surface area contributed by atoms with Gasteiger partial charge in [0.2, 0.25) is 0 Å². The number of hydrogen-bond donors (Lipinski definition) is 1.